The number of likely N-dealkylation sites (tertiary alicyclic amines) is 1. The number of hydrogen-bond acceptors (Lipinski definition) is 4. The Morgan fingerprint density at radius 3 is 2.54 bits per heavy atom. The van der Waals surface area contributed by atoms with Crippen molar-refractivity contribution in [3.63, 3.8) is 0 Å². The average molecular weight is 359 g/mol. The van der Waals surface area contributed by atoms with Crippen molar-refractivity contribution in [2.75, 3.05) is 13.7 Å². The molecule has 1 aliphatic heterocycles. The summed E-state index contributed by atoms with van der Waals surface area (Å²) in [5.41, 5.74) is 0.595. The van der Waals surface area contributed by atoms with Crippen molar-refractivity contribution in [3.05, 3.63) is 29.8 Å². The molecule has 26 heavy (non-hydrogen) atoms. The van der Waals surface area contributed by atoms with Gasteiger partial charge >= 0.3 is 5.97 Å². The van der Waals surface area contributed by atoms with Gasteiger partial charge in [0.25, 0.3) is 0 Å². The third-order valence-electron chi connectivity index (χ3n) is 5.67. The fourth-order valence-corrected chi connectivity index (χ4v) is 4.34. The van der Waals surface area contributed by atoms with E-state index in [1.807, 2.05) is 0 Å². The Morgan fingerprint density at radius 2 is 1.88 bits per heavy atom. The van der Waals surface area contributed by atoms with Crippen LogP contribution in [-0.4, -0.2) is 47.4 Å². The first-order valence-corrected chi connectivity index (χ1v) is 9.20. The number of ether oxygens (including phenoxy) is 1. The number of nitrogens with zero attached hydrogens (tertiary/aromatic N) is 1. The van der Waals surface area contributed by atoms with Crippen LogP contribution in [0.2, 0.25) is 0 Å². The maximum absolute atomic E-state index is 12.5. The van der Waals surface area contributed by atoms with Gasteiger partial charge in [-0.15, -0.1) is 0 Å². The Labute approximate surface area is 153 Å². The van der Waals surface area contributed by atoms with Crippen molar-refractivity contribution in [2.45, 2.75) is 44.6 Å². The molecule has 3 rings (SSSR count). The minimum absolute atomic E-state index is 0.0199. The molecule has 1 N–H and O–H groups in total. The van der Waals surface area contributed by atoms with Crippen molar-refractivity contribution in [2.24, 2.45) is 11.8 Å². The largest absolute Gasteiger partial charge is 0.497 e. The number of methoxy groups -OCH3 is 1. The molecule has 1 saturated heterocycles. The van der Waals surface area contributed by atoms with Gasteiger partial charge in [0.15, 0.2) is 5.78 Å². The van der Waals surface area contributed by atoms with E-state index in [0.717, 1.165) is 19.3 Å². The molecule has 0 radical (unpaired) electrons. The van der Waals surface area contributed by atoms with Gasteiger partial charge in [0, 0.05) is 24.9 Å². The topological polar surface area (TPSA) is 83.9 Å². The second kappa shape index (κ2) is 7.89. The van der Waals surface area contributed by atoms with Gasteiger partial charge in [-0.2, -0.15) is 0 Å². The molecule has 2 fully saturated rings. The quantitative estimate of drug-likeness (QED) is 0.757. The molecule has 6 heteroatoms. The summed E-state index contributed by atoms with van der Waals surface area (Å²) in [6.07, 6.45) is 3.87. The van der Waals surface area contributed by atoms with Gasteiger partial charge < -0.3 is 14.7 Å². The number of hydrogen-bond donors (Lipinski definition) is 1. The van der Waals surface area contributed by atoms with Gasteiger partial charge in [-0.25, -0.2) is 4.79 Å². The summed E-state index contributed by atoms with van der Waals surface area (Å²) in [7, 11) is 1.57. The minimum Gasteiger partial charge on any atom is -0.497 e. The van der Waals surface area contributed by atoms with Gasteiger partial charge in [0.05, 0.1) is 7.11 Å². The Morgan fingerprint density at radius 1 is 1.15 bits per heavy atom. The molecular weight excluding hydrogens is 334 g/mol. The maximum atomic E-state index is 12.5. The molecule has 140 valence electrons. The molecule has 1 amide bonds. The second-order valence-electron chi connectivity index (χ2n) is 7.19. The Kier molecular flexibility index (Phi) is 5.59. The van der Waals surface area contributed by atoms with Crippen molar-refractivity contribution in [1.82, 2.24) is 4.90 Å². The van der Waals surface area contributed by atoms with Crippen LogP contribution in [0.3, 0.4) is 0 Å². The molecule has 1 aliphatic carbocycles. The monoisotopic (exact) mass is 359 g/mol. The summed E-state index contributed by atoms with van der Waals surface area (Å²) in [5, 5.41) is 9.53. The summed E-state index contributed by atoms with van der Waals surface area (Å²) in [5.74, 6) is 0.0410. The molecule has 1 saturated carbocycles. The summed E-state index contributed by atoms with van der Waals surface area (Å²) < 4.78 is 5.07. The third kappa shape index (κ3) is 3.74. The van der Waals surface area contributed by atoms with Crippen molar-refractivity contribution in [3.8, 4) is 5.75 Å². The number of carbonyl (C=O) groups is 3. The van der Waals surface area contributed by atoms with Crippen LogP contribution < -0.4 is 4.74 Å². The summed E-state index contributed by atoms with van der Waals surface area (Å²) in [6.45, 7) is 0.549. The van der Waals surface area contributed by atoms with Crippen LogP contribution in [0.1, 0.15) is 48.9 Å². The van der Waals surface area contributed by atoms with E-state index in [4.69, 9.17) is 4.74 Å². The number of amides is 1. The van der Waals surface area contributed by atoms with Gasteiger partial charge in [-0.3, -0.25) is 9.59 Å². The fourth-order valence-electron chi connectivity index (χ4n) is 4.34. The second-order valence-corrected chi connectivity index (χ2v) is 7.19. The van der Waals surface area contributed by atoms with Crippen LogP contribution in [0.5, 0.6) is 5.75 Å². The maximum Gasteiger partial charge on any atom is 0.326 e. The number of fused-ring (bicyclic) bond motifs is 1. The molecular formula is C20H25NO5. The normalized spacial score (nSPS) is 24.3. The van der Waals surface area contributed by atoms with Crippen LogP contribution in [0.4, 0.5) is 0 Å². The number of carboxylic acid groups (broad SMARTS) is 1. The summed E-state index contributed by atoms with van der Waals surface area (Å²) >= 11 is 0. The number of aliphatic carboxylic acids is 1. The lowest BCUT2D eigenvalue weighted by atomic mass is 9.94. The van der Waals surface area contributed by atoms with E-state index in [1.165, 1.54) is 4.90 Å². The lowest BCUT2D eigenvalue weighted by Gasteiger charge is -2.24. The molecule has 2 aliphatic rings. The Balaban J connectivity index is 1.52. The first-order valence-electron chi connectivity index (χ1n) is 9.20. The first kappa shape index (κ1) is 18.4. The number of carbonyl (C=O) groups excluding carboxylic acids is 2. The standard InChI is InChI=1S/C20H25NO5/c1-26-15-10-8-13(9-11-15)17(22)6-3-7-18(23)21-12-14-4-2-5-16(14)19(21)20(24)25/h8-11,14,16,19H,2-7,12H2,1H3,(H,24,25). The van der Waals surface area contributed by atoms with Crippen molar-refractivity contribution < 1.29 is 24.2 Å². The van der Waals surface area contributed by atoms with E-state index in [-0.39, 0.29) is 30.4 Å². The predicted molar refractivity (Wildman–Crippen MR) is 95.1 cm³/mol. The summed E-state index contributed by atoms with van der Waals surface area (Å²) in [4.78, 5) is 37.9. The molecule has 3 atom stereocenters. The smallest absolute Gasteiger partial charge is 0.326 e. The Hall–Kier alpha value is -2.37. The molecule has 6 nitrogen and oxygen atoms in total. The SMILES string of the molecule is COc1ccc(C(=O)CCCC(=O)N2CC3CCCC3C2C(=O)O)cc1. The zero-order valence-electron chi connectivity index (χ0n) is 15.0. The summed E-state index contributed by atoms with van der Waals surface area (Å²) in [6, 6.07) is 6.21. The fraction of sp³-hybridized carbons (Fsp3) is 0.550. The van der Waals surface area contributed by atoms with E-state index in [0.29, 0.717) is 30.2 Å². The predicted octanol–water partition coefficient (Wildman–Crippen LogP) is 2.76. The zero-order valence-corrected chi connectivity index (χ0v) is 15.0. The highest BCUT2D eigenvalue weighted by atomic mass is 16.5. The van der Waals surface area contributed by atoms with E-state index in [1.54, 1.807) is 31.4 Å². The van der Waals surface area contributed by atoms with Gasteiger partial charge in [0.1, 0.15) is 11.8 Å². The zero-order chi connectivity index (χ0) is 18.7. The van der Waals surface area contributed by atoms with Crippen molar-refractivity contribution in [1.29, 1.82) is 0 Å². The number of Topliss-reactive ketones (excluding diaryl/α,β-unsaturated/α-hetero) is 1. The van der Waals surface area contributed by atoms with E-state index in [2.05, 4.69) is 0 Å². The van der Waals surface area contributed by atoms with Crippen LogP contribution in [-0.2, 0) is 9.59 Å². The van der Waals surface area contributed by atoms with Crippen LogP contribution in [0, 0.1) is 11.8 Å². The molecule has 1 aromatic carbocycles. The van der Waals surface area contributed by atoms with Gasteiger partial charge in [-0.1, -0.05) is 6.42 Å². The molecule has 1 heterocycles. The molecule has 3 unspecified atom stereocenters. The molecule has 0 bridgehead atoms. The van der Waals surface area contributed by atoms with Gasteiger partial charge in [-0.05, 0) is 55.4 Å². The highest BCUT2D eigenvalue weighted by Crippen LogP contribution is 2.42. The van der Waals surface area contributed by atoms with Crippen molar-refractivity contribution >= 4 is 17.7 Å². The van der Waals surface area contributed by atoms with E-state index < -0.39 is 12.0 Å². The molecule has 0 aromatic heterocycles. The minimum atomic E-state index is -0.901. The number of rotatable bonds is 7. The number of carboxylic acids is 1. The van der Waals surface area contributed by atoms with E-state index >= 15 is 0 Å². The highest BCUT2D eigenvalue weighted by molar-refractivity contribution is 5.96. The molecule has 0 spiro atoms. The highest BCUT2D eigenvalue weighted by Gasteiger charge is 2.49. The van der Waals surface area contributed by atoms with Crippen LogP contribution in [0.15, 0.2) is 24.3 Å². The molecule has 1 aromatic rings. The number of ketones is 1. The third-order valence-corrected chi connectivity index (χ3v) is 5.67. The van der Waals surface area contributed by atoms with E-state index in [9.17, 15) is 19.5 Å². The average Bonchev–Trinajstić information content (AvgIpc) is 3.22. The lowest BCUT2D eigenvalue weighted by Crippen LogP contribution is -2.43. The van der Waals surface area contributed by atoms with Crippen LogP contribution >= 0.6 is 0 Å². The van der Waals surface area contributed by atoms with Crippen LogP contribution in [0.25, 0.3) is 0 Å². The number of benzene rings is 1. The first-order chi connectivity index (χ1) is 12.5. The van der Waals surface area contributed by atoms with Gasteiger partial charge in [0.2, 0.25) is 5.91 Å². The Bertz CT molecular complexity index is 684. The lowest BCUT2D eigenvalue weighted by molar-refractivity contribution is -0.149.